The van der Waals surface area contributed by atoms with Gasteiger partial charge >= 0.3 is 0 Å². The lowest BCUT2D eigenvalue weighted by Gasteiger charge is -2.14. The second-order valence-corrected chi connectivity index (χ2v) is 4.69. The quantitative estimate of drug-likeness (QED) is 0.787. The van der Waals surface area contributed by atoms with Crippen molar-refractivity contribution >= 4 is 11.6 Å². The molecule has 0 saturated heterocycles. The van der Waals surface area contributed by atoms with E-state index in [2.05, 4.69) is 0 Å². The van der Waals surface area contributed by atoms with Crippen LogP contribution < -0.4 is 4.74 Å². The lowest BCUT2D eigenvalue weighted by Crippen LogP contribution is -2.23. The number of hydrogen-bond acceptors (Lipinski definition) is 3. The largest absolute Gasteiger partial charge is 0.482 e. The average Bonchev–Trinajstić information content (AvgIpc) is 2.47. The molecule has 2 aromatic rings. The highest BCUT2D eigenvalue weighted by Gasteiger charge is 2.17. The first kappa shape index (κ1) is 14.9. The number of rotatable bonds is 5. The lowest BCUT2D eigenvalue weighted by molar-refractivity contribution is 0.0817. The topological polar surface area (TPSA) is 43.4 Å². The molecule has 108 valence electrons. The van der Waals surface area contributed by atoms with Gasteiger partial charge in [0.2, 0.25) is 5.78 Å². The summed E-state index contributed by atoms with van der Waals surface area (Å²) < 4.78 is 19.1. The van der Waals surface area contributed by atoms with E-state index in [0.29, 0.717) is 5.56 Å². The fraction of sp³-hybridized carbons (Fsp3) is 0.176. The van der Waals surface area contributed by atoms with E-state index in [-0.39, 0.29) is 22.9 Å². The van der Waals surface area contributed by atoms with E-state index in [1.807, 2.05) is 6.07 Å². The van der Waals surface area contributed by atoms with Crippen molar-refractivity contribution in [3.63, 3.8) is 0 Å². The van der Waals surface area contributed by atoms with Gasteiger partial charge in [0.1, 0.15) is 11.6 Å². The van der Waals surface area contributed by atoms with Crippen LogP contribution in [0.2, 0.25) is 0 Å². The Morgan fingerprint density at radius 3 is 2.33 bits per heavy atom. The maximum Gasteiger partial charge on any atom is 0.202 e. The van der Waals surface area contributed by atoms with E-state index >= 15 is 0 Å². The number of hydrogen-bond donors (Lipinski definition) is 0. The summed E-state index contributed by atoms with van der Waals surface area (Å²) in [5.74, 6) is -0.979. The highest BCUT2D eigenvalue weighted by atomic mass is 19.1. The van der Waals surface area contributed by atoms with Crippen molar-refractivity contribution in [3.05, 3.63) is 65.5 Å². The first-order valence-electron chi connectivity index (χ1n) is 6.55. The summed E-state index contributed by atoms with van der Waals surface area (Å²) in [5, 5.41) is 0. The first-order chi connectivity index (χ1) is 9.99. The third kappa shape index (κ3) is 3.54. The molecule has 0 saturated carbocycles. The van der Waals surface area contributed by atoms with Gasteiger partial charge in [-0.1, -0.05) is 30.3 Å². The molecule has 1 unspecified atom stereocenters. The van der Waals surface area contributed by atoms with Crippen LogP contribution in [0.25, 0.3) is 0 Å². The zero-order valence-corrected chi connectivity index (χ0v) is 11.8. The van der Waals surface area contributed by atoms with Crippen LogP contribution in [0.3, 0.4) is 0 Å². The van der Waals surface area contributed by atoms with Gasteiger partial charge in [0.05, 0.1) is 5.56 Å². The average molecular weight is 286 g/mol. The Hall–Kier alpha value is -2.49. The van der Waals surface area contributed by atoms with Gasteiger partial charge in [-0.2, -0.15) is 0 Å². The minimum atomic E-state index is -0.741. The molecule has 0 radical (unpaired) electrons. The summed E-state index contributed by atoms with van der Waals surface area (Å²) in [5.41, 5.74) is 0.537. The molecule has 0 N–H and O–H groups in total. The minimum Gasteiger partial charge on any atom is -0.482 e. The Morgan fingerprint density at radius 2 is 1.76 bits per heavy atom. The Bertz CT molecular complexity index is 665. The highest BCUT2D eigenvalue weighted by Crippen LogP contribution is 2.19. The predicted molar refractivity (Wildman–Crippen MR) is 77.3 cm³/mol. The fourth-order valence-electron chi connectivity index (χ4n) is 1.95. The molecule has 21 heavy (non-hydrogen) atoms. The van der Waals surface area contributed by atoms with Crippen LogP contribution in [0.15, 0.2) is 48.5 Å². The Labute approximate surface area is 122 Å². The monoisotopic (exact) mass is 286 g/mol. The van der Waals surface area contributed by atoms with Crippen molar-refractivity contribution in [1.82, 2.24) is 0 Å². The molecule has 3 nitrogen and oxygen atoms in total. The van der Waals surface area contributed by atoms with Crippen LogP contribution in [-0.4, -0.2) is 17.7 Å². The maximum absolute atomic E-state index is 13.7. The molecule has 0 spiro atoms. The molecule has 2 aromatic carbocycles. The van der Waals surface area contributed by atoms with Crippen LogP contribution in [0, 0.1) is 5.82 Å². The summed E-state index contributed by atoms with van der Waals surface area (Å²) in [6.07, 6.45) is -0.741. The highest BCUT2D eigenvalue weighted by molar-refractivity contribution is 5.99. The third-order valence-electron chi connectivity index (χ3n) is 3.06. The van der Waals surface area contributed by atoms with Gasteiger partial charge in [-0.3, -0.25) is 9.59 Å². The molecule has 0 aromatic heterocycles. The van der Waals surface area contributed by atoms with E-state index in [0.717, 1.165) is 6.07 Å². The van der Waals surface area contributed by atoms with E-state index in [4.69, 9.17) is 4.74 Å². The molecule has 0 aliphatic rings. The molecule has 0 amide bonds. The zero-order chi connectivity index (χ0) is 15.4. The number of Topliss-reactive ketones (excluding diaryl/α,β-unsaturated/α-hetero) is 2. The number of benzene rings is 2. The zero-order valence-electron chi connectivity index (χ0n) is 11.8. The Morgan fingerprint density at radius 1 is 1.10 bits per heavy atom. The number of carbonyl (C=O) groups is 2. The van der Waals surface area contributed by atoms with Crippen molar-refractivity contribution in [2.24, 2.45) is 0 Å². The molecule has 4 heteroatoms. The van der Waals surface area contributed by atoms with Crippen LogP contribution in [-0.2, 0) is 0 Å². The summed E-state index contributed by atoms with van der Waals surface area (Å²) >= 11 is 0. The van der Waals surface area contributed by atoms with Crippen molar-refractivity contribution in [3.8, 4) is 5.75 Å². The number of ether oxygens (including phenoxy) is 1. The van der Waals surface area contributed by atoms with E-state index < -0.39 is 11.9 Å². The molecule has 0 fully saturated rings. The van der Waals surface area contributed by atoms with Gasteiger partial charge in [-0.25, -0.2) is 4.39 Å². The van der Waals surface area contributed by atoms with Crippen molar-refractivity contribution in [2.45, 2.75) is 20.0 Å². The second kappa shape index (κ2) is 6.31. The number of halogens is 1. The van der Waals surface area contributed by atoms with Crippen LogP contribution in [0.1, 0.15) is 34.6 Å². The standard InChI is InChI=1S/C17H15FO3/c1-11(19)15-9-8-14(10-16(15)18)21-12(2)17(20)13-6-4-3-5-7-13/h3-10,12H,1-2H3. The van der Waals surface area contributed by atoms with Gasteiger partial charge in [0.15, 0.2) is 11.9 Å². The molecule has 0 aliphatic carbocycles. The normalized spacial score (nSPS) is 11.8. The van der Waals surface area contributed by atoms with Gasteiger partial charge in [-0.15, -0.1) is 0 Å². The van der Waals surface area contributed by atoms with Gasteiger partial charge in [0, 0.05) is 11.6 Å². The molecule has 1 atom stereocenters. The second-order valence-electron chi connectivity index (χ2n) is 4.69. The van der Waals surface area contributed by atoms with Gasteiger partial charge in [0.25, 0.3) is 0 Å². The molecule has 0 aliphatic heterocycles. The smallest absolute Gasteiger partial charge is 0.202 e. The molecule has 0 bridgehead atoms. The van der Waals surface area contributed by atoms with Crippen molar-refractivity contribution in [1.29, 1.82) is 0 Å². The lowest BCUT2D eigenvalue weighted by atomic mass is 10.1. The van der Waals surface area contributed by atoms with Gasteiger partial charge in [-0.05, 0) is 26.0 Å². The SMILES string of the molecule is CC(=O)c1ccc(OC(C)C(=O)c2ccccc2)cc1F. The van der Waals surface area contributed by atoms with Crippen LogP contribution in [0.4, 0.5) is 4.39 Å². The number of carbonyl (C=O) groups excluding carboxylic acids is 2. The van der Waals surface area contributed by atoms with E-state index in [9.17, 15) is 14.0 Å². The van der Waals surface area contributed by atoms with Gasteiger partial charge < -0.3 is 4.74 Å². The molecular weight excluding hydrogens is 271 g/mol. The summed E-state index contributed by atoms with van der Waals surface area (Å²) in [6.45, 7) is 2.90. The molecular formula is C17H15FO3. The summed E-state index contributed by atoms with van der Waals surface area (Å²) in [4.78, 5) is 23.3. The Balaban J connectivity index is 2.13. The Kier molecular flexibility index (Phi) is 4.48. The molecule has 2 rings (SSSR count). The summed E-state index contributed by atoms with van der Waals surface area (Å²) in [7, 11) is 0. The third-order valence-corrected chi connectivity index (χ3v) is 3.06. The van der Waals surface area contributed by atoms with Crippen molar-refractivity contribution in [2.75, 3.05) is 0 Å². The number of ketones is 2. The fourth-order valence-corrected chi connectivity index (χ4v) is 1.95. The first-order valence-corrected chi connectivity index (χ1v) is 6.55. The maximum atomic E-state index is 13.7. The van der Waals surface area contributed by atoms with Crippen LogP contribution >= 0.6 is 0 Å². The van der Waals surface area contributed by atoms with Crippen LogP contribution in [0.5, 0.6) is 5.75 Å². The predicted octanol–water partition coefficient (Wildman–Crippen LogP) is 3.68. The minimum absolute atomic E-state index is 0.00406. The van der Waals surface area contributed by atoms with E-state index in [1.165, 1.54) is 19.1 Å². The summed E-state index contributed by atoms with van der Waals surface area (Å²) in [6, 6.07) is 12.7. The van der Waals surface area contributed by atoms with E-state index in [1.54, 1.807) is 31.2 Å². The molecule has 0 heterocycles. The van der Waals surface area contributed by atoms with Crippen molar-refractivity contribution < 1.29 is 18.7 Å².